The van der Waals surface area contributed by atoms with E-state index in [1.54, 1.807) is 66.7 Å². The molecule has 3 aromatic carbocycles. The Labute approximate surface area is 224 Å². The van der Waals surface area contributed by atoms with Crippen LogP contribution in [0.2, 0.25) is 0 Å². The molecule has 1 aliphatic rings. The third-order valence-corrected chi connectivity index (χ3v) is 5.80. The summed E-state index contributed by atoms with van der Waals surface area (Å²) >= 11 is 0. The largest absolute Gasteiger partial charge is 0.458 e. The van der Waals surface area contributed by atoms with Crippen LogP contribution in [0.1, 0.15) is 38.0 Å². The quantitative estimate of drug-likeness (QED) is 0.322. The van der Waals surface area contributed by atoms with Crippen LogP contribution >= 0.6 is 0 Å². The van der Waals surface area contributed by atoms with Gasteiger partial charge in [-0.3, -0.25) is 4.79 Å². The van der Waals surface area contributed by atoms with E-state index in [4.69, 9.17) is 23.7 Å². The van der Waals surface area contributed by atoms with E-state index in [1.165, 1.54) is 24.3 Å². The fraction of sp³-hybridized carbons (Fsp3) is 0.241. The predicted octanol–water partition coefficient (Wildman–Crippen LogP) is 2.94. The minimum Gasteiger partial charge on any atom is -0.458 e. The lowest BCUT2D eigenvalue weighted by atomic mass is 10.0. The van der Waals surface area contributed by atoms with Gasteiger partial charge in [0.25, 0.3) is 0 Å². The molecule has 1 fully saturated rings. The molecule has 0 amide bonds. The molecule has 10 heteroatoms. The summed E-state index contributed by atoms with van der Waals surface area (Å²) in [5.41, 5.74) is 0.639. The molecule has 0 aromatic heterocycles. The highest BCUT2D eigenvalue weighted by Gasteiger charge is 2.53. The molecule has 1 heterocycles. The van der Waals surface area contributed by atoms with Crippen LogP contribution in [-0.2, 0) is 28.5 Å². The van der Waals surface area contributed by atoms with E-state index >= 15 is 0 Å². The van der Waals surface area contributed by atoms with Crippen LogP contribution < -0.4 is 0 Å². The summed E-state index contributed by atoms with van der Waals surface area (Å²) in [6, 6.07) is 24.2. The molecule has 39 heavy (non-hydrogen) atoms. The van der Waals surface area contributed by atoms with Gasteiger partial charge in [0.1, 0.15) is 12.7 Å². The standard InChI is InChI=1S/C29H26O10/c1-18(30)36-25-24(39-28(33)21-15-9-4-10-16-21)23(38-29(25)34)22(37-27(32)20-13-7-3-8-14-20)17-35-26(31)19-11-5-2-6-12-19/h2-16,22-25,29,34H,17H2,1H3/t22-,23-,24+,25-,29?/m1/s1. The Hall–Kier alpha value is -4.54. The first kappa shape index (κ1) is 27.5. The normalized spacial score (nSPS) is 20.9. The zero-order valence-corrected chi connectivity index (χ0v) is 20.9. The van der Waals surface area contributed by atoms with Crippen molar-refractivity contribution in [3.63, 3.8) is 0 Å². The molecule has 0 spiro atoms. The molecule has 0 radical (unpaired) electrons. The zero-order chi connectivity index (χ0) is 27.8. The smallest absolute Gasteiger partial charge is 0.338 e. The molecular weight excluding hydrogens is 508 g/mol. The number of ether oxygens (including phenoxy) is 5. The number of aliphatic hydroxyl groups excluding tert-OH is 1. The maximum atomic E-state index is 12.9. The molecule has 0 bridgehead atoms. The lowest BCUT2D eigenvalue weighted by molar-refractivity contribution is -0.174. The van der Waals surface area contributed by atoms with Gasteiger partial charge in [0.2, 0.25) is 0 Å². The van der Waals surface area contributed by atoms with E-state index in [-0.39, 0.29) is 16.7 Å². The summed E-state index contributed by atoms with van der Waals surface area (Å²) in [5, 5.41) is 10.6. The zero-order valence-electron chi connectivity index (χ0n) is 20.9. The van der Waals surface area contributed by atoms with E-state index in [1.807, 2.05) is 0 Å². The van der Waals surface area contributed by atoms with Gasteiger partial charge in [0.15, 0.2) is 24.6 Å². The fourth-order valence-electron chi connectivity index (χ4n) is 3.97. The molecule has 4 rings (SSSR count). The highest BCUT2D eigenvalue weighted by molar-refractivity contribution is 5.90. The van der Waals surface area contributed by atoms with E-state index < -0.39 is 61.2 Å². The van der Waals surface area contributed by atoms with Crippen LogP contribution in [0.15, 0.2) is 91.0 Å². The van der Waals surface area contributed by atoms with Crippen molar-refractivity contribution in [1.29, 1.82) is 0 Å². The van der Waals surface area contributed by atoms with Crippen LogP contribution in [0.3, 0.4) is 0 Å². The lowest BCUT2D eigenvalue weighted by Crippen LogP contribution is -2.47. The Balaban J connectivity index is 1.62. The van der Waals surface area contributed by atoms with Crippen LogP contribution in [0.5, 0.6) is 0 Å². The van der Waals surface area contributed by atoms with Crippen LogP contribution in [-0.4, -0.2) is 66.3 Å². The van der Waals surface area contributed by atoms with Gasteiger partial charge < -0.3 is 28.8 Å². The number of hydrogen-bond donors (Lipinski definition) is 1. The number of carbonyl (C=O) groups excluding carboxylic acids is 4. The monoisotopic (exact) mass is 534 g/mol. The number of aliphatic hydroxyl groups is 1. The van der Waals surface area contributed by atoms with Gasteiger partial charge in [-0.1, -0.05) is 54.6 Å². The second kappa shape index (κ2) is 12.8. The summed E-state index contributed by atoms with van der Waals surface area (Å²) in [7, 11) is 0. The first-order valence-corrected chi connectivity index (χ1v) is 12.1. The van der Waals surface area contributed by atoms with Crippen molar-refractivity contribution in [3.8, 4) is 0 Å². The Bertz CT molecular complexity index is 1280. The third-order valence-electron chi connectivity index (χ3n) is 5.80. The Morgan fingerprint density at radius 2 is 1.21 bits per heavy atom. The van der Waals surface area contributed by atoms with Crippen molar-refractivity contribution < 1.29 is 48.0 Å². The van der Waals surface area contributed by atoms with Crippen molar-refractivity contribution in [2.24, 2.45) is 0 Å². The predicted molar refractivity (Wildman–Crippen MR) is 134 cm³/mol. The Morgan fingerprint density at radius 1 is 0.718 bits per heavy atom. The minimum absolute atomic E-state index is 0.188. The summed E-state index contributed by atoms with van der Waals surface area (Å²) < 4.78 is 27.5. The second-order valence-corrected chi connectivity index (χ2v) is 8.58. The average molecular weight is 535 g/mol. The van der Waals surface area contributed by atoms with Crippen LogP contribution in [0, 0.1) is 0 Å². The maximum Gasteiger partial charge on any atom is 0.338 e. The van der Waals surface area contributed by atoms with Gasteiger partial charge in [0.05, 0.1) is 16.7 Å². The maximum absolute atomic E-state index is 12.9. The minimum atomic E-state index is -1.73. The molecule has 202 valence electrons. The van der Waals surface area contributed by atoms with Crippen molar-refractivity contribution in [2.75, 3.05) is 6.61 Å². The van der Waals surface area contributed by atoms with E-state index in [2.05, 4.69) is 0 Å². The number of esters is 4. The van der Waals surface area contributed by atoms with Crippen molar-refractivity contribution >= 4 is 23.9 Å². The number of benzene rings is 3. The van der Waals surface area contributed by atoms with Crippen LogP contribution in [0.4, 0.5) is 0 Å². The number of carbonyl (C=O) groups is 4. The number of rotatable bonds is 9. The van der Waals surface area contributed by atoms with Gasteiger partial charge in [-0.25, -0.2) is 14.4 Å². The molecule has 1 saturated heterocycles. The Morgan fingerprint density at radius 3 is 1.72 bits per heavy atom. The molecule has 3 aromatic rings. The molecule has 10 nitrogen and oxygen atoms in total. The summed E-state index contributed by atoms with van der Waals surface area (Å²) in [4.78, 5) is 50.3. The van der Waals surface area contributed by atoms with Crippen molar-refractivity contribution in [1.82, 2.24) is 0 Å². The third kappa shape index (κ3) is 7.07. The molecule has 0 saturated carbocycles. The second-order valence-electron chi connectivity index (χ2n) is 8.58. The molecular formula is C29H26O10. The molecule has 5 atom stereocenters. The van der Waals surface area contributed by atoms with Gasteiger partial charge in [0, 0.05) is 6.92 Å². The average Bonchev–Trinajstić information content (AvgIpc) is 3.25. The summed E-state index contributed by atoms with van der Waals surface area (Å²) in [6.07, 6.45) is -7.32. The molecule has 0 aliphatic carbocycles. The van der Waals surface area contributed by atoms with Crippen molar-refractivity contribution in [2.45, 2.75) is 37.6 Å². The van der Waals surface area contributed by atoms with Crippen molar-refractivity contribution in [3.05, 3.63) is 108 Å². The van der Waals surface area contributed by atoms with Gasteiger partial charge >= 0.3 is 23.9 Å². The highest BCUT2D eigenvalue weighted by atomic mass is 16.7. The first-order chi connectivity index (χ1) is 18.8. The molecule has 1 N–H and O–H groups in total. The van der Waals surface area contributed by atoms with E-state index in [0.29, 0.717) is 0 Å². The Kier molecular flexibility index (Phi) is 9.03. The van der Waals surface area contributed by atoms with E-state index in [9.17, 15) is 24.3 Å². The van der Waals surface area contributed by atoms with E-state index in [0.717, 1.165) is 6.92 Å². The summed E-state index contributed by atoms with van der Waals surface area (Å²) in [6.45, 7) is 0.598. The van der Waals surface area contributed by atoms with Gasteiger partial charge in [-0.15, -0.1) is 0 Å². The molecule has 1 unspecified atom stereocenters. The van der Waals surface area contributed by atoms with Gasteiger partial charge in [-0.05, 0) is 36.4 Å². The van der Waals surface area contributed by atoms with Crippen LogP contribution in [0.25, 0.3) is 0 Å². The topological polar surface area (TPSA) is 135 Å². The first-order valence-electron chi connectivity index (χ1n) is 12.1. The highest BCUT2D eigenvalue weighted by Crippen LogP contribution is 2.30. The SMILES string of the molecule is CC(=O)O[C@H]1C(O)O[C@H]([C@@H](COC(=O)c2ccccc2)OC(=O)c2ccccc2)[C@@H]1OC(=O)c1ccccc1. The lowest BCUT2D eigenvalue weighted by Gasteiger charge is -2.28. The van der Waals surface area contributed by atoms with Gasteiger partial charge in [-0.2, -0.15) is 0 Å². The number of hydrogen-bond acceptors (Lipinski definition) is 10. The fourth-order valence-corrected chi connectivity index (χ4v) is 3.97. The molecule has 1 aliphatic heterocycles. The summed E-state index contributed by atoms with van der Waals surface area (Å²) in [5.74, 6) is -3.05.